The molecule has 2 aliphatic rings. The van der Waals surface area contributed by atoms with Crippen molar-refractivity contribution >= 4 is 0 Å². The van der Waals surface area contributed by atoms with Crippen molar-refractivity contribution in [3.05, 3.63) is 0 Å². The first-order valence-corrected chi connectivity index (χ1v) is 5.10. The summed E-state index contributed by atoms with van der Waals surface area (Å²) in [6.45, 7) is 7.40. The van der Waals surface area contributed by atoms with E-state index in [-0.39, 0.29) is 0 Å². The van der Waals surface area contributed by atoms with Crippen molar-refractivity contribution in [2.45, 2.75) is 6.17 Å². The highest BCUT2D eigenvalue weighted by Crippen LogP contribution is 2.05. The molecule has 0 aromatic rings. The molecule has 2 saturated heterocycles. The van der Waals surface area contributed by atoms with Crippen LogP contribution < -0.4 is 5.32 Å². The van der Waals surface area contributed by atoms with Crippen LogP contribution >= 0.6 is 0 Å². The van der Waals surface area contributed by atoms with Crippen molar-refractivity contribution < 1.29 is 4.74 Å². The Kier molecular flexibility index (Phi) is 3.16. The Morgan fingerprint density at radius 3 is 2.62 bits per heavy atom. The average molecular weight is 185 g/mol. The molecule has 1 atom stereocenters. The Bertz CT molecular complexity index is 151. The van der Waals surface area contributed by atoms with Crippen LogP contribution in [0.4, 0.5) is 0 Å². The molecule has 0 aliphatic carbocycles. The van der Waals surface area contributed by atoms with Crippen molar-refractivity contribution in [3.8, 4) is 0 Å². The van der Waals surface area contributed by atoms with Crippen LogP contribution in [0.2, 0.25) is 0 Å². The third-order valence-corrected chi connectivity index (χ3v) is 2.88. The van der Waals surface area contributed by atoms with E-state index in [1.165, 1.54) is 13.1 Å². The molecule has 0 aromatic heterocycles. The van der Waals surface area contributed by atoms with Crippen LogP contribution in [0.3, 0.4) is 0 Å². The Hall–Kier alpha value is -0.160. The van der Waals surface area contributed by atoms with E-state index in [0.29, 0.717) is 6.17 Å². The third-order valence-electron chi connectivity index (χ3n) is 2.88. The number of likely N-dealkylation sites (N-methyl/N-ethyl adjacent to an activating group) is 1. The summed E-state index contributed by atoms with van der Waals surface area (Å²) in [5.74, 6) is 0. The van der Waals surface area contributed by atoms with Crippen LogP contribution in [0.1, 0.15) is 0 Å². The Balaban J connectivity index is 1.79. The first-order valence-electron chi connectivity index (χ1n) is 5.10. The van der Waals surface area contributed by atoms with Gasteiger partial charge in [0.1, 0.15) is 0 Å². The topological polar surface area (TPSA) is 27.7 Å². The molecule has 2 rings (SSSR count). The summed E-state index contributed by atoms with van der Waals surface area (Å²) in [6.07, 6.45) is 0.461. The van der Waals surface area contributed by atoms with Crippen molar-refractivity contribution in [2.75, 3.05) is 53.0 Å². The first kappa shape index (κ1) is 9.40. The largest absolute Gasteiger partial charge is 0.377 e. The molecule has 13 heavy (non-hydrogen) atoms. The second kappa shape index (κ2) is 4.37. The van der Waals surface area contributed by atoms with E-state index in [1.54, 1.807) is 0 Å². The Labute approximate surface area is 79.8 Å². The van der Waals surface area contributed by atoms with Crippen molar-refractivity contribution in [2.24, 2.45) is 0 Å². The fourth-order valence-corrected chi connectivity index (χ4v) is 1.92. The quantitative estimate of drug-likeness (QED) is 0.577. The van der Waals surface area contributed by atoms with Gasteiger partial charge in [-0.15, -0.1) is 0 Å². The van der Waals surface area contributed by atoms with Crippen molar-refractivity contribution in [1.29, 1.82) is 0 Å². The number of hydrogen-bond donors (Lipinski definition) is 1. The number of ether oxygens (including phenoxy) is 1. The smallest absolute Gasteiger partial charge is 0.0840 e. The highest BCUT2D eigenvalue weighted by molar-refractivity contribution is 4.77. The van der Waals surface area contributed by atoms with Gasteiger partial charge in [0.15, 0.2) is 0 Å². The normalized spacial score (nSPS) is 33.5. The lowest BCUT2D eigenvalue weighted by Crippen LogP contribution is -2.58. The summed E-state index contributed by atoms with van der Waals surface area (Å²) in [7, 11) is 2.18. The minimum atomic E-state index is 0.461. The molecule has 0 aromatic carbocycles. The SMILES string of the molecule is CN1CCN(C2COCCN2)CC1. The summed E-state index contributed by atoms with van der Waals surface area (Å²) in [5.41, 5.74) is 0. The number of nitrogens with zero attached hydrogens (tertiary/aromatic N) is 2. The highest BCUT2D eigenvalue weighted by Gasteiger charge is 2.23. The molecular weight excluding hydrogens is 166 g/mol. The van der Waals surface area contributed by atoms with Crippen LogP contribution in [0.5, 0.6) is 0 Å². The molecule has 4 heteroatoms. The lowest BCUT2D eigenvalue weighted by atomic mass is 10.3. The van der Waals surface area contributed by atoms with Crippen LogP contribution in [0.25, 0.3) is 0 Å². The number of rotatable bonds is 1. The highest BCUT2D eigenvalue weighted by atomic mass is 16.5. The molecule has 2 fully saturated rings. The molecule has 4 nitrogen and oxygen atoms in total. The minimum Gasteiger partial charge on any atom is -0.377 e. The summed E-state index contributed by atoms with van der Waals surface area (Å²) in [4.78, 5) is 4.86. The monoisotopic (exact) mass is 185 g/mol. The molecule has 0 bridgehead atoms. The molecule has 1 unspecified atom stereocenters. The van der Waals surface area contributed by atoms with Gasteiger partial charge in [-0.25, -0.2) is 0 Å². The van der Waals surface area contributed by atoms with E-state index in [9.17, 15) is 0 Å². The predicted molar refractivity (Wildman–Crippen MR) is 51.7 cm³/mol. The van der Waals surface area contributed by atoms with E-state index in [0.717, 1.165) is 32.8 Å². The van der Waals surface area contributed by atoms with Gasteiger partial charge in [0.2, 0.25) is 0 Å². The van der Waals surface area contributed by atoms with E-state index in [2.05, 4.69) is 22.2 Å². The van der Waals surface area contributed by atoms with Crippen LogP contribution in [-0.2, 0) is 4.74 Å². The van der Waals surface area contributed by atoms with Gasteiger partial charge in [0.05, 0.1) is 19.4 Å². The molecule has 0 spiro atoms. The molecule has 0 amide bonds. The van der Waals surface area contributed by atoms with Gasteiger partial charge in [-0.05, 0) is 7.05 Å². The zero-order valence-electron chi connectivity index (χ0n) is 8.33. The van der Waals surface area contributed by atoms with Gasteiger partial charge >= 0.3 is 0 Å². The summed E-state index contributed by atoms with van der Waals surface area (Å²) in [5, 5.41) is 3.49. The number of nitrogens with one attached hydrogen (secondary N) is 1. The maximum absolute atomic E-state index is 5.44. The van der Waals surface area contributed by atoms with Crippen molar-refractivity contribution in [3.63, 3.8) is 0 Å². The third kappa shape index (κ3) is 2.40. The fourth-order valence-electron chi connectivity index (χ4n) is 1.92. The van der Waals surface area contributed by atoms with Crippen LogP contribution in [0, 0.1) is 0 Å². The van der Waals surface area contributed by atoms with Gasteiger partial charge in [-0.2, -0.15) is 0 Å². The maximum Gasteiger partial charge on any atom is 0.0840 e. The summed E-state index contributed by atoms with van der Waals surface area (Å²) < 4.78 is 5.44. The fraction of sp³-hybridized carbons (Fsp3) is 1.00. The molecule has 0 radical (unpaired) electrons. The van der Waals surface area contributed by atoms with E-state index >= 15 is 0 Å². The van der Waals surface area contributed by atoms with Gasteiger partial charge in [0.25, 0.3) is 0 Å². The second-order valence-corrected chi connectivity index (χ2v) is 3.88. The maximum atomic E-state index is 5.44. The second-order valence-electron chi connectivity index (χ2n) is 3.88. The lowest BCUT2D eigenvalue weighted by molar-refractivity contribution is -0.00710. The lowest BCUT2D eigenvalue weighted by Gasteiger charge is -2.39. The van der Waals surface area contributed by atoms with Crippen LogP contribution in [0.15, 0.2) is 0 Å². The zero-order chi connectivity index (χ0) is 9.10. The molecule has 2 heterocycles. The number of morpholine rings is 1. The van der Waals surface area contributed by atoms with Gasteiger partial charge in [0, 0.05) is 32.7 Å². The minimum absolute atomic E-state index is 0.461. The van der Waals surface area contributed by atoms with Gasteiger partial charge in [-0.3, -0.25) is 10.2 Å². The summed E-state index contributed by atoms with van der Waals surface area (Å²) in [6, 6.07) is 0. The summed E-state index contributed by atoms with van der Waals surface area (Å²) >= 11 is 0. The first-order chi connectivity index (χ1) is 6.36. The van der Waals surface area contributed by atoms with Crippen molar-refractivity contribution in [1.82, 2.24) is 15.1 Å². The number of hydrogen-bond acceptors (Lipinski definition) is 4. The molecule has 2 aliphatic heterocycles. The Morgan fingerprint density at radius 2 is 2.00 bits per heavy atom. The van der Waals surface area contributed by atoms with E-state index in [1.807, 2.05) is 0 Å². The van der Waals surface area contributed by atoms with E-state index in [4.69, 9.17) is 4.74 Å². The zero-order valence-corrected chi connectivity index (χ0v) is 8.33. The predicted octanol–water partition coefficient (Wildman–Crippen LogP) is -0.820. The molecule has 0 saturated carbocycles. The molecule has 1 N–H and O–H groups in total. The molecular formula is C9H19N3O. The standard InChI is InChI=1S/C9H19N3O/c1-11-3-5-12(6-4-11)9-8-13-7-2-10-9/h9-10H,2-8H2,1H3. The van der Waals surface area contributed by atoms with Gasteiger partial charge < -0.3 is 9.64 Å². The number of piperazine rings is 1. The van der Waals surface area contributed by atoms with E-state index < -0.39 is 0 Å². The molecule has 76 valence electrons. The van der Waals surface area contributed by atoms with Crippen LogP contribution in [-0.4, -0.2) is 69.0 Å². The van der Waals surface area contributed by atoms with Gasteiger partial charge in [-0.1, -0.05) is 0 Å². The average Bonchev–Trinajstić information content (AvgIpc) is 2.20. The Morgan fingerprint density at radius 1 is 1.23 bits per heavy atom.